The van der Waals surface area contributed by atoms with Crippen molar-refractivity contribution < 1.29 is 28.7 Å². The van der Waals surface area contributed by atoms with Crippen LogP contribution in [-0.2, 0) is 32.2 Å². The lowest BCUT2D eigenvalue weighted by Gasteiger charge is -2.35. The Balaban J connectivity index is 0.00000124. The van der Waals surface area contributed by atoms with Gasteiger partial charge in [-0.05, 0) is 66.4 Å². The Kier molecular flexibility index (Phi) is 9.69. The first-order chi connectivity index (χ1) is 22.7. The maximum atomic E-state index is 13.0. The quantitative estimate of drug-likeness (QED) is 0.404. The lowest BCUT2D eigenvalue weighted by atomic mass is 10.0. The van der Waals surface area contributed by atoms with Gasteiger partial charge in [-0.3, -0.25) is 29.4 Å². The van der Waals surface area contributed by atoms with Crippen LogP contribution in [0.4, 0.5) is 5.82 Å². The number of piperazine rings is 1. The number of imide groups is 1. The molecule has 2 unspecified atom stereocenters. The van der Waals surface area contributed by atoms with Crippen molar-refractivity contribution in [2.75, 3.05) is 58.4 Å². The third kappa shape index (κ3) is 7.23. The van der Waals surface area contributed by atoms with Crippen LogP contribution in [0.5, 0.6) is 5.75 Å². The minimum atomic E-state index is -0.622. The van der Waals surface area contributed by atoms with Gasteiger partial charge in [0.2, 0.25) is 17.7 Å². The van der Waals surface area contributed by atoms with Gasteiger partial charge < -0.3 is 24.2 Å². The number of pyridine rings is 1. The zero-order chi connectivity index (χ0) is 33.1. The Bertz CT molecular complexity index is 1670. The number of benzene rings is 2. The van der Waals surface area contributed by atoms with E-state index in [0.29, 0.717) is 18.5 Å². The summed E-state index contributed by atoms with van der Waals surface area (Å²) in [5.74, 6) is 0.929. The minimum Gasteiger partial charge on any atom is -0.489 e. The van der Waals surface area contributed by atoms with E-state index in [1.54, 1.807) is 32.1 Å². The molecule has 1 N–H and O–H groups in total. The fourth-order valence-corrected chi connectivity index (χ4v) is 6.80. The minimum absolute atomic E-state index is 0.0459. The fraction of sp³-hybridized carbons (Fsp3) is 0.457. The van der Waals surface area contributed by atoms with Gasteiger partial charge in [-0.15, -0.1) is 0 Å². The highest BCUT2D eigenvalue weighted by Crippen LogP contribution is 2.31. The molecule has 0 aliphatic carbocycles. The monoisotopic (exact) mass is 642 g/mol. The van der Waals surface area contributed by atoms with Crippen LogP contribution < -0.4 is 15.0 Å². The van der Waals surface area contributed by atoms with Crippen LogP contribution in [0, 0.1) is 0 Å². The van der Waals surface area contributed by atoms with E-state index in [1.165, 1.54) is 5.56 Å². The number of aromatic nitrogens is 1. The van der Waals surface area contributed by atoms with Crippen LogP contribution in [0.3, 0.4) is 0 Å². The second kappa shape index (κ2) is 14.1. The smallest absolute Gasteiger partial charge is 0.255 e. The van der Waals surface area contributed by atoms with Crippen LogP contribution in [0.15, 0.2) is 48.5 Å². The molecule has 2 aromatic carbocycles. The van der Waals surface area contributed by atoms with Gasteiger partial charge in [-0.1, -0.05) is 6.07 Å². The number of hydrogen-bond donors (Lipinski definition) is 1. The van der Waals surface area contributed by atoms with E-state index in [9.17, 15) is 19.2 Å². The molecule has 4 amide bonds. The molecular weight excluding hydrogens is 600 g/mol. The highest BCUT2D eigenvalue weighted by Gasteiger charge is 2.39. The third-order valence-corrected chi connectivity index (χ3v) is 9.22. The molecule has 4 aliphatic heterocycles. The van der Waals surface area contributed by atoms with Crippen molar-refractivity contribution >= 4 is 40.3 Å². The van der Waals surface area contributed by atoms with E-state index >= 15 is 0 Å². The number of methoxy groups -OCH3 is 1. The number of nitrogens with one attached hydrogen (secondary N) is 1. The van der Waals surface area contributed by atoms with Crippen LogP contribution in [0.2, 0.25) is 0 Å². The average molecular weight is 643 g/mol. The highest BCUT2D eigenvalue weighted by atomic mass is 16.5. The van der Waals surface area contributed by atoms with Crippen LogP contribution in [0.25, 0.3) is 10.9 Å². The van der Waals surface area contributed by atoms with E-state index < -0.39 is 11.9 Å². The zero-order valence-corrected chi connectivity index (χ0v) is 27.2. The largest absolute Gasteiger partial charge is 0.489 e. The molecule has 3 aromatic rings. The predicted molar refractivity (Wildman–Crippen MR) is 176 cm³/mol. The number of carbonyl (C=O) groups is 4. The molecule has 7 rings (SSSR count). The lowest BCUT2D eigenvalue weighted by molar-refractivity contribution is -0.137. The maximum absolute atomic E-state index is 13.0. The Labute approximate surface area is 274 Å². The molecule has 0 bridgehead atoms. The summed E-state index contributed by atoms with van der Waals surface area (Å²) in [6.07, 6.45) is 1.54. The van der Waals surface area contributed by atoms with Crippen molar-refractivity contribution in [2.24, 2.45) is 0 Å². The molecule has 3 saturated heterocycles. The summed E-state index contributed by atoms with van der Waals surface area (Å²) in [5.41, 5.74) is 3.63. The van der Waals surface area contributed by atoms with Crippen LogP contribution >= 0.6 is 0 Å². The van der Waals surface area contributed by atoms with Crippen molar-refractivity contribution in [1.29, 1.82) is 0 Å². The number of carbonyl (C=O) groups excluding carboxylic acids is 4. The van der Waals surface area contributed by atoms with Gasteiger partial charge in [0, 0.05) is 90.9 Å². The Morgan fingerprint density at radius 1 is 0.957 bits per heavy atom. The first kappa shape index (κ1) is 32.4. The molecule has 2 atom stereocenters. The molecule has 0 radical (unpaired) electrons. The summed E-state index contributed by atoms with van der Waals surface area (Å²) in [5, 5.41) is 3.46. The predicted octanol–water partition coefficient (Wildman–Crippen LogP) is 2.58. The summed E-state index contributed by atoms with van der Waals surface area (Å²) in [6, 6.07) is 15.6. The number of likely N-dealkylation sites (tertiary alicyclic amines) is 1. The number of hydrogen-bond acceptors (Lipinski definition) is 9. The standard InChI is InChI=1S/C33H36N6O5.C2H6O/c1-21(40)37-12-14-38(15-13-37)30-8-3-23-16-22(2-6-28(23)34-30)18-36-11-10-26(20-36)44-25-4-5-27-24(17-25)19-39(33(27)43)29-7-9-31(41)35-32(29)42;1-3-2/h2-6,8,16-17,26,29H,7,9-15,18-20H2,1H3,(H,35,41,42);1-2H3. The molecular formula is C35H42N6O6. The summed E-state index contributed by atoms with van der Waals surface area (Å²) in [7, 11) is 3.25. The Hall–Kier alpha value is -4.55. The van der Waals surface area contributed by atoms with Crippen LogP contribution in [-0.4, -0.2) is 109 Å². The van der Waals surface area contributed by atoms with Crippen LogP contribution in [0.1, 0.15) is 47.7 Å². The number of rotatable bonds is 6. The van der Waals surface area contributed by atoms with Gasteiger partial charge in [0.15, 0.2) is 0 Å². The fourth-order valence-electron chi connectivity index (χ4n) is 6.80. The number of ether oxygens (including phenoxy) is 2. The van der Waals surface area contributed by atoms with Crippen molar-refractivity contribution in [3.05, 3.63) is 65.2 Å². The van der Waals surface area contributed by atoms with Crippen molar-refractivity contribution in [3.63, 3.8) is 0 Å². The topological polar surface area (TPSA) is 125 Å². The SMILES string of the molecule is CC(=O)N1CCN(c2ccc3cc(CN4CCC(Oc5ccc6c(c5)CN(C5CCC(=O)NC5=O)C6=O)C4)ccc3n2)CC1.COC. The van der Waals surface area contributed by atoms with Gasteiger partial charge in [0.1, 0.15) is 23.7 Å². The second-order valence-corrected chi connectivity index (χ2v) is 12.6. The van der Waals surface area contributed by atoms with E-state index in [1.807, 2.05) is 17.0 Å². The van der Waals surface area contributed by atoms with E-state index in [0.717, 1.165) is 80.3 Å². The van der Waals surface area contributed by atoms with Crippen molar-refractivity contribution in [1.82, 2.24) is 25.0 Å². The van der Waals surface area contributed by atoms with Crippen molar-refractivity contribution in [2.45, 2.75) is 51.4 Å². The van der Waals surface area contributed by atoms with Crippen molar-refractivity contribution in [3.8, 4) is 5.75 Å². The number of nitrogens with zero attached hydrogens (tertiary/aromatic N) is 5. The van der Waals surface area contributed by atoms with E-state index in [-0.39, 0.29) is 30.2 Å². The highest BCUT2D eigenvalue weighted by molar-refractivity contribution is 6.05. The summed E-state index contributed by atoms with van der Waals surface area (Å²) >= 11 is 0. The van der Waals surface area contributed by atoms with Gasteiger partial charge in [0.25, 0.3) is 5.91 Å². The molecule has 0 spiro atoms. The van der Waals surface area contributed by atoms with Gasteiger partial charge in [0.05, 0.1) is 5.52 Å². The molecule has 0 saturated carbocycles. The summed E-state index contributed by atoms with van der Waals surface area (Å²) < 4.78 is 10.6. The summed E-state index contributed by atoms with van der Waals surface area (Å²) in [6.45, 7) is 7.55. The maximum Gasteiger partial charge on any atom is 0.255 e. The number of fused-ring (bicyclic) bond motifs is 2. The molecule has 5 heterocycles. The first-order valence-electron chi connectivity index (χ1n) is 16.2. The molecule has 47 heavy (non-hydrogen) atoms. The summed E-state index contributed by atoms with van der Waals surface area (Å²) in [4.78, 5) is 61.5. The third-order valence-electron chi connectivity index (χ3n) is 9.22. The van der Waals surface area contributed by atoms with E-state index in [4.69, 9.17) is 9.72 Å². The number of amides is 4. The van der Waals surface area contributed by atoms with Gasteiger partial charge in [-0.2, -0.15) is 0 Å². The lowest BCUT2D eigenvalue weighted by Crippen LogP contribution is -2.52. The molecule has 4 aliphatic rings. The second-order valence-electron chi connectivity index (χ2n) is 12.6. The number of anilines is 1. The van der Waals surface area contributed by atoms with Gasteiger partial charge >= 0.3 is 0 Å². The normalized spacial score (nSPS) is 21.4. The zero-order valence-electron chi connectivity index (χ0n) is 27.2. The molecule has 3 fully saturated rings. The van der Waals surface area contributed by atoms with E-state index in [2.05, 4.69) is 50.2 Å². The first-order valence-corrected chi connectivity index (χ1v) is 16.2. The average Bonchev–Trinajstić information content (AvgIpc) is 3.64. The number of piperidine rings is 1. The van der Waals surface area contributed by atoms with Gasteiger partial charge in [-0.25, -0.2) is 4.98 Å². The Morgan fingerprint density at radius 3 is 2.49 bits per heavy atom. The molecule has 1 aromatic heterocycles. The molecule has 12 heteroatoms. The molecule has 248 valence electrons. The molecule has 12 nitrogen and oxygen atoms in total. The Morgan fingerprint density at radius 2 is 1.74 bits per heavy atom.